The normalized spacial score (nSPS) is 32.2. The van der Waals surface area contributed by atoms with Crippen LogP contribution in [0, 0.1) is 17.3 Å². The zero-order chi connectivity index (χ0) is 22.9. The van der Waals surface area contributed by atoms with Gasteiger partial charge in [-0.25, -0.2) is 0 Å². The topological polar surface area (TPSA) is 63.2 Å². The predicted molar refractivity (Wildman–Crippen MR) is 129 cm³/mol. The third-order valence-electron chi connectivity index (χ3n) is 9.07. The van der Waals surface area contributed by atoms with Gasteiger partial charge in [0.25, 0.3) is 0 Å². The summed E-state index contributed by atoms with van der Waals surface area (Å²) in [4.78, 5) is 12.8. The van der Waals surface area contributed by atoms with Gasteiger partial charge in [-0.05, 0) is 67.7 Å². The van der Waals surface area contributed by atoms with Crippen LogP contribution in [-0.4, -0.2) is 30.6 Å². The third kappa shape index (κ3) is 4.58. The van der Waals surface area contributed by atoms with Gasteiger partial charge in [0.05, 0.1) is 11.7 Å². The molecule has 1 heterocycles. The molecule has 1 aliphatic heterocycles. The van der Waals surface area contributed by atoms with Crippen LogP contribution in [0.2, 0.25) is 5.82 Å². The predicted octanol–water partition coefficient (Wildman–Crippen LogP) is 4.87. The van der Waals surface area contributed by atoms with Gasteiger partial charge in [-0.1, -0.05) is 63.9 Å². The lowest BCUT2D eigenvalue weighted by atomic mass is 9.43. The van der Waals surface area contributed by atoms with Gasteiger partial charge in [-0.2, -0.15) is 0 Å². The van der Waals surface area contributed by atoms with E-state index in [1.807, 2.05) is 0 Å². The van der Waals surface area contributed by atoms with Crippen molar-refractivity contribution in [2.75, 3.05) is 0 Å². The molecule has 3 saturated carbocycles. The van der Waals surface area contributed by atoms with Crippen molar-refractivity contribution in [2.45, 2.75) is 109 Å². The number of rotatable bonds is 11. The first-order chi connectivity index (χ1) is 15.3. The Kier molecular flexibility index (Phi) is 7.19. The average molecular weight is 440 g/mol. The van der Waals surface area contributed by atoms with Crippen molar-refractivity contribution >= 4 is 12.9 Å². The van der Waals surface area contributed by atoms with Gasteiger partial charge in [-0.3, -0.25) is 4.79 Å². The highest BCUT2D eigenvalue weighted by Crippen LogP contribution is 2.66. The van der Waals surface area contributed by atoms with E-state index in [1.54, 1.807) is 0 Å². The second kappa shape index (κ2) is 9.60. The van der Waals surface area contributed by atoms with Crippen LogP contribution in [0.3, 0.4) is 0 Å². The van der Waals surface area contributed by atoms with Gasteiger partial charge in [0.15, 0.2) is 5.78 Å². The molecule has 0 amide bonds. The summed E-state index contributed by atoms with van der Waals surface area (Å²) in [6, 6.07) is 10.5. The summed E-state index contributed by atoms with van der Waals surface area (Å²) in [6.07, 6.45) is 9.17. The van der Waals surface area contributed by atoms with Crippen molar-refractivity contribution < 1.29 is 19.8 Å². The van der Waals surface area contributed by atoms with E-state index in [9.17, 15) is 4.79 Å². The smallest absolute Gasteiger partial charge is 0.405 e. The highest BCUT2D eigenvalue weighted by atomic mass is 16.7. The van der Waals surface area contributed by atoms with Crippen molar-refractivity contribution in [1.82, 2.24) is 0 Å². The number of hydrogen-bond donors (Lipinski definition) is 1. The van der Waals surface area contributed by atoms with Crippen molar-refractivity contribution in [3.8, 4) is 0 Å². The van der Waals surface area contributed by atoms with E-state index in [2.05, 4.69) is 63.8 Å². The zero-order valence-corrected chi connectivity index (χ0v) is 20.6. The molecule has 0 spiro atoms. The van der Waals surface area contributed by atoms with Crippen LogP contribution in [-0.2, 0) is 20.5 Å². The molecule has 0 aromatic heterocycles. The first-order valence-electron chi connectivity index (χ1n) is 13.0. The number of unbranched alkanes of at least 4 members (excludes halogenated alkanes) is 2. The Hall–Kier alpha value is -1.17. The van der Waals surface area contributed by atoms with E-state index in [1.165, 1.54) is 24.8 Å². The van der Waals surface area contributed by atoms with Crippen molar-refractivity contribution in [3.05, 3.63) is 35.9 Å². The van der Waals surface area contributed by atoms with Gasteiger partial charge >= 0.3 is 7.12 Å². The van der Waals surface area contributed by atoms with Crippen molar-refractivity contribution in [2.24, 2.45) is 17.3 Å². The number of benzene rings is 1. The minimum Gasteiger partial charge on any atom is -0.405 e. The Bertz CT molecular complexity index is 784. The zero-order valence-electron chi connectivity index (χ0n) is 20.6. The quantitative estimate of drug-likeness (QED) is 0.395. The fourth-order valence-corrected chi connectivity index (χ4v) is 6.69. The number of ketones is 1. The van der Waals surface area contributed by atoms with E-state index < -0.39 is 0 Å². The minimum absolute atomic E-state index is 0.0857. The summed E-state index contributed by atoms with van der Waals surface area (Å²) in [7, 11) is -0.225. The Morgan fingerprint density at radius 3 is 2.59 bits per heavy atom. The molecule has 4 nitrogen and oxygen atoms in total. The molecule has 4 aliphatic rings. The standard InChI is InChI=1S/C27H42BNO3/c1-5-6-8-13-22(29)23(30)15-14-21(16-19-11-9-7-10-12-19)28-31-25-18-20-17-24(26(20,2)3)27(25,4)32-28/h7,9-12,20-22,24-25H,5-6,8,13-18,29H2,1-4H3/p+1/t20?,21-,22+,24?,25?,27+/m0/s1. The van der Waals surface area contributed by atoms with Crippen molar-refractivity contribution in [1.29, 1.82) is 0 Å². The lowest BCUT2D eigenvalue weighted by Gasteiger charge is -2.64. The SMILES string of the molecule is CCCCC[C@@H]([NH3+])C(=O)CC[C@@H](Cc1ccccc1)B1OC2CC3CC(C3(C)C)[C@@]2(C)O1. The van der Waals surface area contributed by atoms with Crippen LogP contribution in [0.15, 0.2) is 30.3 Å². The monoisotopic (exact) mass is 440 g/mol. The van der Waals surface area contributed by atoms with Gasteiger partial charge in [-0.15, -0.1) is 0 Å². The second-order valence-electron chi connectivity index (χ2n) is 11.5. The molecule has 32 heavy (non-hydrogen) atoms. The molecule has 176 valence electrons. The van der Waals surface area contributed by atoms with Crippen LogP contribution < -0.4 is 5.73 Å². The summed E-state index contributed by atoms with van der Waals surface area (Å²) in [5.41, 5.74) is 5.59. The molecule has 3 N–H and O–H groups in total. The number of quaternary nitrogens is 1. The van der Waals surface area contributed by atoms with Crippen LogP contribution in [0.1, 0.15) is 84.6 Å². The Morgan fingerprint density at radius 2 is 1.91 bits per heavy atom. The highest BCUT2D eigenvalue weighted by molar-refractivity contribution is 6.47. The van der Waals surface area contributed by atoms with Crippen LogP contribution in [0.25, 0.3) is 0 Å². The fourth-order valence-electron chi connectivity index (χ4n) is 6.69. The van der Waals surface area contributed by atoms with E-state index >= 15 is 0 Å². The Labute approximate surface area is 195 Å². The lowest BCUT2D eigenvalue weighted by Crippen LogP contribution is -2.65. The van der Waals surface area contributed by atoms with Gasteiger partial charge in [0.2, 0.25) is 0 Å². The summed E-state index contributed by atoms with van der Waals surface area (Å²) < 4.78 is 13.4. The molecule has 1 aromatic rings. The molecule has 0 radical (unpaired) electrons. The van der Waals surface area contributed by atoms with Crippen LogP contribution >= 0.6 is 0 Å². The van der Waals surface area contributed by atoms with E-state index in [0.29, 0.717) is 23.5 Å². The molecule has 6 atom stereocenters. The third-order valence-corrected chi connectivity index (χ3v) is 9.07. The molecule has 3 unspecified atom stereocenters. The largest absolute Gasteiger partial charge is 0.461 e. The molecule has 1 aromatic carbocycles. The molecule has 3 aliphatic carbocycles. The fraction of sp³-hybridized carbons (Fsp3) is 0.741. The number of carbonyl (C=O) groups excluding carboxylic acids is 1. The van der Waals surface area contributed by atoms with Crippen molar-refractivity contribution in [3.63, 3.8) is 0 Å². The minimum atomic E-state index is -0.225. The maximum atomic E-state index is 12.8. The first-order valence-corrected chi connectivity index (χ1v) is 13.0. The lowest BCUT2D eigenvalue weighted by molar-refractivity contribution is -0.404. The summed E-state index contributed by atoms with van der Waals surface area (Å²) >= 11 is 0. The number of carbonyl (C=O) groups is 1. The molecule has 2 bridgehead atoms. The van der Waals surface area contributed by atoms with E-state index in [-0.39, 0.29) is 30.7 Å². The van der Waals surface area contributed by atoms with Crippen LogP contribution in [0.4, 0.5) is 0 Å². The number of Topliss-reactive ketones (excluding diaryl/α,β-unsaturated/α-hetero) is 1. The van der Waals surface area contributed by atoms with E-state index in [0.717, 1.165) is 38.0 Å². The van der Waals surface area contributed by atoms with Gasteiger partial charge in [0, 0.05) is 12.8 Å². The van der Waals surface area contributed by atoms with Gasteiger partial charge in [0.1, 0.15) is 6.04 Å². The second-order valence-corrected chi connectivity index (χ2v) is 11.5. The summed E-state index contributed by atoms with van der Waals surface area (Å²) in [5.74, 6) is 1.79. The maximum absolute atomic E-state index is 12.8. The number of hydrogen-bond acceptors (Lipinski definition) is 3. The molecule has 1 saturated heterocycles. The Morgan fingerprint density at radius 1 is 1.16 bits per heavy atom. The van der Waals surface area contributed by atoms with Gasteiger partial charge < -0.3 is 15.0 Å². The summed E-state index contributed by atoms with van der Waals surface area (Å²) in [5, 5.41) is 0. The average Bonchev–Trinajstić information content (AvgIpc) is 3.14. The highest BCUT2D eigenvalue weighted by Gasteiger charge is 2.68. The first kappa shape index (κ1) is 24.0. The Balaban J connectivity index is 1.43. The molecular formula is C27H43BNO3+. The molecule has 4 fully saturated rings. The molecule has 5 heteroatoms. The molecular weight excluding hydrogens is 397 g/mol. The van der Waals surface area contributed by atoms with Crippen LogP contribution in [0.5, 0.6) is 0 Å². The molecule has 5 rings (SSSR count). The van der Waals surface area contributed by atoms with E-state index in [4.69, 9.17) is 9.31 Å². The maximum Gasteiger partial charge on any atom is 0.461 e. The summed E-state index contributed by atoms with van der Waals surface area (Å²) in [6.45, 7) is 9.27.